The molecule has 0 aromatic carbocycles. The molecule has 6 N–H and O–H groups in total. The van der Waals surface area contributed by atoms with Gasteiger partial charge < -0.3 is 52.9 Å². The van der Waals surface area contributed by atoms with Crippen LogP contribution in [-0.2, 0) is 55.8 Å². The standard InChI is InChI=1S/C83H168N4O15P2.2Na.2H/c1-7-13-19-25-29-33-37-39-43-49-55-61-81(88)86-77(73-95-69-63-79(59-53-47-23-17-11-5)97-67-57-51-45-41-35-31-27-21-15-9-3)75-101-103(91,92)99-71-65-84-83(90)85-66-72-100-104(93,94)102-76-78(87-82(89)62-56-50-44-40-38-34-30-26-20-14-8-2)74-96-70-64-80(60-54-48-24-18-12-6)98-68-58-52-46-42-36-32-28-22-16-10-4;;;;/h77-80H,7-76H2,1-6H3,(H,86,88)(H,87,89)(H,91,92)(H,93,94)(H2,84,85,90);;;;/q;2*+1;2*-1/t77-,78-,79-,80-;;;;/m1..../s1. The number of carbonyl (C=O) groups is 3. The quantitative estimate of drug-likeness (QED) is 0.0188. The number of ether oxygens (including phenoxy) is 4. The summed E-state index contributed by atoms with van der Waals surface area (Å²) in [6.07, 6.45) is 67.0. The third-order valence-electron chi connectivity index (χ3n) is 19.7. The number of urea groups is 1. The molecule has 0 aliphatic carbocycles. The Labute approximate surface area is 699 Å². The summed E-state index contributed by atoms with van der Waals surface area (Å²) < 4.78 is 72.8. The first-order valence-electron chi connectivity index (χ1n) is 44.0. The number of phosphoric ester groups is 2. The van der Waals surface area contributed by atoms with Gasteiger partial charge in [-0.2, -0.15) is 0 Å². The molecule has 0 heterocycles. The molecule has 23 heteroatoms. The van der Waals surface area contributed by atoms with Crippen LogP contribution < -0.4 is 80.4 Å². The van der Waals surface area contributed by atoms with E-state index in [1.54, 1.807) is 0 Å². The maximum atomic E-state index is 13.3. The first kappa shape index (κ1) is 110. The monoisotopic (exact) mass is 1570 g/mol. The molecule has 0 aliphatic heterocycles. The molecule has 4 amide bonds. The smallest absolute Gasteiger partial charge is 1.00 e. The Hall–Kier alpha value is 0.270. The minimum absolute atomic E-state index is 0. The second-order valence-electron chi connectivity index (χ2n) is 30.0. The summed E-state index contributed by atoms with van der Waals surface area (Å²) in [7, 11) is -9.29. The SMILES string of the molecule is CCCCCCCCCCCCCC(=O)N[C@H](COCC[C@@H](CCCCCCC)OCCCCCCCCCCCC)COP(=O)(O)OCCNC(=O)NCCOP(=O)(O)OC[C@@H](COCC[C@@H](CCCCCCC)OCCCCCCCCCCCC)NC(=O)CCCCCCCCCCCCC.[H-].[H-].[Na+].[Na+]. The molecule has 0 radical (unpaired) electrons. The van der Waals surface area contributed by atoms with Gasteiger partial charge in [-0.25, -0.2) is 13.9 Å². The predicted molar refractivity (Wildman–Crippen MR) is 434 cm³/mol. The van der Waals surface area contributed by atoms with Gasteiger partial charge in [0.2, 0.25) is 11.8 Å². The molecule has 0 saturated heterocycles. The van der Waals surface area contributed by atoms with Crippen LogP contribution in [0.25, 0.3) is 0 Å². The number of phosphoric acid groups is 2. The number of hydrogen-bond acceptors (Lipinski definition) is 13. The number of nitrogens with one attached hydrogen (secondary N) is 4. The van der Waals surface area contributed by atoms with Gasteiger partial charge in [0, 0.05) is 52.4 Å². The third kappa shape index (κ3) is 82.3. The number of carbonyl (C=O) groups excluding carboxylic acids is 3. The van der Waals surface area contributed by atoms with Gasteiger partial charge in [-0.3, -0.25) is 27.7 Å². The van der Waals surface area contributed by atoms with E-state index < -0.39 is 33.8 Å². The Balaban J connectivity index is -0.00000884. The molecule has 624 valence electrons. The molecule has 0 spiro atoms. The summed E-state index contributed by atoms with van der Waals surface area (Å²) in [5.74, 6) is -0.353. The van der Waals surface area contributed by atoms with E-state index in [1.165, 1.54) is 257 Å². The summed E-state index contributed by atoms with van der Waals surface area (Å²) in [6.45, 7) is 14.0. The van der Waals surface area contributed by atoms with E-state index in [-0.39, 0.29) is 139 Å². The van der Waals surface area contributed by atoms with Crippen LogP contribution in [0.3, 0.4) is 0 Å². The number of hydrogen-bond donors (Lipinski definition) is 6. The molecule has 106 heavy (non-hydrogen) atoms. The Bertz CT molecular complexity index is 1830. The first-order chi connectivity index (χ1) is 50.7. The summed E-state index contributed by atoms with van der Waals surface area (Å²) in [5, 5.41) is 11.0. The third-order valence-corrected chi connectivity index (χ3v) is 21.6. The average molecular weight is 1570 g/mol. The molecular weight excluding hydrogens is 1400 g/mol. The number of unbranched alkanes of at least 4 members (excludes halogenated alkanes) is 46. The van der Waals surface area contributed by atoms with Gasteiger partial charge >= 0.3 is 80.8 Å². The summed E-state index contributed by atoms with van der Waals surface area (Å²) in [6, 6.07) is -2.12. The van der Waals surface area contributed by atoms with Gasteiger partial charge in [-0.05, 0) is 51.4 Å². The maximum Gasteiger partial charge on any atom is 1.00 e. The predicted octanol–water partition coefficient (Wildman–Crippen LogP) is 17.3. The van der Waals surface area contributed by atoms with E-state index >= 15 is 0 Å². The van der Waals surface area contributed by atoms with Crippen molar-refractivity contribution in [3.05, 3.63) is 0 Å². The summed E-state index contributed by atoms with van der Waals surface area (Å²) >= 11 is 0. The second kappa shape index (κ2) is 86.1. The molecule has 2 unspecified atom stereocenters. The molecular formula is C83H170N4Na2O15P2. The fraction of sp³-hybridized carbons (Fsp3) is 0.964. The van der Waals surface area contributed by atoms with Gasteiger partial charge in [0.25, 0.3) is 0 Å². The van der Waals surface area contributed by atoms with Gasteiger partial charge in [0.1, 0.15) is 0 Å². The first-order valence-corrected chi connectivity index (χ1v) is 47.0. The molecule has 0 fully saturated rings. The zero-order valence-electron chi connectivity index (χ0n) is 72.4. The van der Waals surface area contributed by atoms with Gasteiger partial charge in [0.05, 0.1) is 63.9 Å². The van der Waals surface area contributed by atoms with Crippen LogP contribution >= 0.6 is 15.6 Å². The Kier molecular flexibility index (Phi) is 89.7. The van der Waals surface area contributed by atoms with Crippen LogP contribution in [0.4, 0.5) is 4.79 Å². The van der Waals surface area contributed by atoms with Crippen LogP contribution in [0, 0.1) is 0 Å². The largest absolute Gasteiger partial charge is 1.00 e. The van der Waals surface area contributed by atoms with Crippen molar-refractivity contribution in [2.45, 2.75) is 438 Å². The van der Waals surface area contributed by atoms with Crippen LogP contribution in [0.2, 0.25) is 0 Å². The van der Waals surface area contributed by atoms with Crippen molar-refractivity contribution in [2.24, 2.45) is 0 Å². The zero-order valence-corrected chi connectivity index (χ0v) is 76.2. The van der Waals surface area contributed by atoms with Crippen molar-refractivity contribution in [3.8, 4) is 0 Å². The fourth-order valence-electron chi connectivity index (χ4n) is 13.1. The summed E-state index contributed by atoms with van der Waals surface area (Å²) in [5.41, 5.74) is 0. The molecule has 19 nitrogen and oxygen atoms in total. The van der Waals surface area contributed by atoms with Crippen molar-refractivity contribution in [2.75, 3.05) is 79.2 Å². The van der Waals surface area contributed by atoms with Crippen LogP contribution in [0.15, 0.2) is 0 Å². The van der Waals surface area contributed by atoms with Crippen molar-refractivity contribution in [1.29, 1.82) is 0 Å². The normalized spacial score (nSPS) is 13.8. The van der Waals surface area contributed by atoms with Gasteiger partial charge in [-0.1, -0.05) is 350 Å². The van der Waals surface area contributed by atoms with Crippen LogP contribution in [0.1, 0.15) is 417 Å². The fourth-order valence-corrected chi connectivity index (χ4v) is 14.6. The second-order valence-corrected chi connectivity index (χ2v) is 32.9. The zero-order chi connectivity index (χ0) is 76.0. The average Bonchev–Trinajstić information content (AvgIpc) is 0.915. The van der Waals surface area contributed by atoms with E-state index in [0.29, 0.717) is 38.9 Å². The van der Waals surface area contributed by atoms with E-state index in [9.17, 15) is 33.3 Å². The molecule has 0 aromatic heterocycles. The number of rotatable bonds is 86. The Morgan fingerprint density at radius 2 is 0.547 bits per heavy atom. The van der Waals surface area contributed by atoms with Gasteiger partial charge in [-0.15, -0.1) is 0 Å². The molecule has 0 bridgehead atoms. The Morgan fingerprint density at radius 1 is 0.302 bits per heavy atom. The van der Waals surface area contributed by atoms with Crippen molar-refractivity contribution >= 4 is 33.5 Å². The number of amides is 4. The van der Waals surface area contributed by atoms with Crippen molar-refractivity contribution < 1.29 is 132 Å². The maximum absolute atomic E-state index is 13.3. The molecule has 0 aliphatic rings. The summed E-state index contributed by atoms with van der Waals surface area (Å²) in [4.78, 5) is 60.8. The van der Waals surface area contributed by atoms with Crippen molar-refractivity contribution in [1.82, 2.24) is 21.3 Å². The molecule has 0 saturated carbocycles. The van der Waals surface area contributed by atoms with Crippen molar-refractivity contribution in [3.63, 3.8) is 0 Å². The minimum atomic E-state index is -4.65. The van der Waals surface area contributed by atoms with E-state index in [0.717, 1.165) is 103 Å². The van der Waals surface area contributed by atoms with Crippen LogP contribution in [-0.4, -0.2) is 131 Å². The molecule has 0 rings (SSSR count). The van der Waals surface area contributed by atoms with E-state index in [2.05, 4.69) is 62.8 Å². The van der Waals surface area contributed by atoms with Crippen LogP contribution in [0.5, 0.6) is 0 Å². The topological polar surface area (TPSA) is 248 Å². The van der Waals surface area contributed by atoms with E-state index in [1.807, 2.05) is 0 Å². The van der Waals surface area contributed by atoms with Gasteiger partial charge in [0.15, 0.2) is 0 Å². The Morgan fingerprint density at radius 3 is 0.821 bits per heavy atom. The molecule has 0 aromatic rings. The minimum Gasteiger partial charge on any atom is -1.00 e. The molecule has 6 atom stereocenters. The van der Waals surface area contributed by atoms with E-state index in [4.69, 9.17) is 37.0 Å².